The Kier molecular flexibility index (Phi) is 4.96. The summed E-state index contributed by atoms with van der Waals surface area (Å²) in [5.41, 5.74) is 2.22. The molecule has 1 aromatic heterocycles. The van der Waals surface area contributed by atoms with Gasteiger partial charge in [0.25, 0.3) is 0 Å². The molecule has 1 aromatic carbocycles. The lowest BCUT2D eigenvalue weighted by Gasteiger charge is -1.98. The van der Waals surface area contributed by atoms with E-state index in [1.165, 1.54) is 5.56 Å². The molecular formula is C13H14ClNO. The average molecular weight is 236 g/mol. The van der Waals surface area contributed by atoms with Gasteiger partial charge in [0.15, 0.2) is 18.9 Å². The molecule has 0 fully saturated rings. The molecule has 0 atom stereocenters. The Labute approximate surface area is 102 Å². The first-order valence-corrected chi connectivity index (χ1v) is 5.01. The van der Waals surface area contributed by atoms with Crippen molar-refractivity contribution in [1.82, 2.24) is 0 Å². The molecule has 0 unspecified atom stereocenters. The molecule has 0 bridgehead atoms. The van der Waals surface area contributed by atoms with Crippen LogP contribution in [-0.4, -0.2) is 5.11 Å². The molecule has 0 radical (unpaired) electrons. The van der Waals surface area contributed by atoms with Crippen LogP contribution >= 0.6 is 0 Å². The van der Waals surface area contributed by atoms with Gasteiger partial charge in [-0.15, -0.1) is 0 Å². The highest BCUT2D eigenvalue weighted by molar-refractivity contribution is 5.13. The number of halogens is 1. The Morgan fingerprint density at radius 1 is 0.875 bits per heavy atom. The monoisotopic (exact) mass is 235 g/mol. The smallest absolute Gasteiger partial charge is 0.173 e. The van der Waals surface area contributed by atoms with Crippen LogP contribution in [0.4, 0.5) is 0 Å². The van der Waals surface area contributed by atoms with Crippen molar-refractivity contribution in [3.8, 4) is 0 Å². The van der Waals surface area contributed by atoms with Crippen LogP contribution in [0.5, 0.6) is 0 Å². The van der Waals surface area contributed by atoms with E-state index in [1.807, 2.05) is 42.7 Å². The molecule has 0 spiro atoms. The highest BCUT2D eigenvalue weighted by Crippen LogP contribution is 1.98. The number of aliphatic hydroxyl groups excluding tert-OH is 1. The van der Waals surface area contributed by atoms with Gasteiger partial charge in [0.2, 0.25) is 0 Å². The first-order valence-electron chi connectivity index (χ1n) is 5.01. The minimum absolute atomic E-state index is 0. The molecule has 0 saturated heterocycles. The molecule has 0 aliphatic heterocycles. The third-order valence-electron chi connectivity index (χ3n) is 2.35. The summed E-state index contributed by atoms with van der Waals surface area (Å²) in [6, 6.07) is 14.2. The van der Waals surface area contributed by atoms with E-state index < -0.39 is 0 Å². The van der Waals surface area contributed by atoms with Crippen molar-refractivity contribution in [3.05, 3.63) is 66.0 Å². The summed E-state index contributed by atoms with van der Waals surface area (Å²) in [5.74, 6) is 0. The van der Waals surface area contributed by atoms with E-state index in [-0.39, 0.29) is 19.0 Å². The summed E-state index contributed by atoms with van der Waals surface area (Å²) in [6.45, 7) is 0.971. The molecule has 0 amide bonds. The van der Waals surface area contributed by atoms with Crippen LogP contribution in [-0.2, 0) is 13.2 Å². The number of benzene rings is 1. The SMILES string of the molecule is OCc1cc[n+](Cc2ccccc2)cc1.[Cl-]. The van der Waals surface area contributed by atoms with Gasteiger partial charge in [-0.1, -0.05) is 30.3 Å². The number of nitrogens with zero attached hydrogens (tertiary/aromatic N) is 1. The normalized spacial score (nSPS) is 9.56. The molecule has 2 nitrogen and oxygen atoms in total. The van der Waals surface area contributed by atoms with E-state index in [0.29, 0.717) is 0 Å². The zero-order valence-electron chi connectivity index (χ0n) is 8.88. The second-order valence-corrected chi connectivity index (χ2v) is 3.52. The molecule has 0 aliphatic carbocycles. The van der Waals surface area contributed by atoms with Crippen LogP contribution in [0.3, 0.4) is 0 Å². The fraction of sp³-hybridized carbons (Fsp3) is 0.154. The van der Waals surface area contributed by atoms with Gasteiger partial charge in [-0.25, -0.2) is 4.57 Å². The van der Waals surface area contributed by atoms with Gasteiger partial charge in [0.05, 0.1) is 6.61 Å². The van der Waals surface area contributed by atoms with Crippen LogP contribution in [0.2, 0.25) is 0 Å². The van der Waals surface area contributed by atoms with Gasteiger partial charge in [-0.3, -0.25) is 0 Å². The number of pyridine rings is 1. The first-order chi connectivity index (χ1) is 7.38. The zero-order chi connectivity index (χ0) is 10.5. The molecule has 2 rings (SSSR count). The van der Waals surface area contributed by atoms with Crippen LogP contribution in [0.1, 0.15) is 11.1 Å². The maximum atomic E-state index is 8.91. The van der Waals surface area contributed by atoms with Gasteiger partial charge >= 0.3 is 0 Å². The molecule has 1 heterocycles. The second kappa shape index (κ2) is 6.26. The summed E-state index contributed by atoms with van der Waals surface area (Å²) >= 11 is 0. The zero-order valence-corrected chi connectivity index (χ0v) is 9.64. The Bertz CT molecular complexity index is 414. The summed E-state index contributed by atoms with van der Waals surface area (Å²) in [5, 5.41) is 8.91. The van der Waals surface area contributed by atoms with Crippen LogP contribution in [0, 0.1) is 0 Å². The minimum Gasteiger partial charge on any atom is -1.00 e. The first kappa shape index (κ1) is 12.7. The number of aliphatic hydroxyl groups is 1. The predicted molar refractivity (Wildman–Crippen MR) is 58.1 cm³/mol. The Morgan fingerprint density at radius 3 is 2.06 bits per heavy atom. The van der Waals surface area contributed by atoms with Gasteiger partial charge in [-0.05, 0) is 5.56 Å². The van der Waals surface area contributed by atoms with Crippen molar-refractivity contribution in [2.75, 3.05) is 0 Å². The average Bonchev–Trinajstić information content (AvgIpc) is 2.31. The quantitative estimate of drug-likeness (QED) is 0.645. The van der Waals surface area contributed by atoms with Crippen molar-refractivity contribution in [3.63, 3.8) is 0 Å². The van der Waals surface area contributed by atoms with Gasteiger partial charge in [0.1, 0.15) is 0 Å². The maximum absolute atomic E-state index is 8.91. The van der Waals surface area contributed by atoms with Crippen LogP contribution in [0.15, 0.2) is 54.9 Å². The molecule has 1 N–H and O–H groups in total. The Morgan fingerprint density at radius 2 is 1.50 bits per heavy atom. The minimum atomic E-state index is 0. The molecule has 3 heteroatoms. The lowest BCUT2D eigenvalue weighted by molar-refractivity contribution is -0.688. The van der Waals surface area contributed by atoms with Crippen molar-refractivity contribution >= 4 is 0 Å². The molecule has 0 saturated carbocycles. The van der Waals surface area contributed by atoms with E-state index in [0.717, 1.165) is 12.1 Å². The van der Waals surface area contributed by atoms with Gasteiger partial charge < -0.3 is 17.5 Å². The number of hydrogen-bond donors (Lipinski definition) is 1. The molecule has 2 aromatic rings. The largest absolute Gasteiger partial charge is 1.00 e. The Balaban J connectivity index is 0.00000128. The predicted octanol–water partition coefficient (Wildman–Crippen LogP) is -1.48. The molecule has 0 aliphatic rings. The molecular weight excluding hydrogens is 222 g/mol. The van der Waals surface area contributed by atoms with Gasteiger partial charge in [0, 0.05) is 17.7 Å². The number of rotatable bonds is 3. The topological polar surface area (TPSA) is 24.1 Å². The van der Waals surface area contributed by atoms with Crippen molar-refractivity contribution < 1.29 is 22.1 Å². The molecule has 84 valence electrons. The standard InChI is InChI=1S/C13H14NO.ClH/c15-11-13-6-8-14(9-7-13)10-12-4-2-1-3-5-12;/h1-9,15H,10-11H2;1H/q+1;/p-1. The van der Waals surface area contributed by atoms with E-state index >= 15 is 0 Å². The summed E-state index contributed by atoms with van der Waals surface area (Å²) in [7, 11) is 0. The molecule has 16 heavy (non-hydrogen) atoms. The second-order valence-electron chi connectivity index (χ2n) is 3.52. The number of hydrogen-bond acceptors (Lipinski definition) is 1. The third-order valence-corrected chi connectivity index (χ3v) is 2.35. The summed E-state index contributed by atoms with van der Waals surface area (Å²) < 4.78 is 2.09. The number of aromatic nitrogens is 1. The highest BCUT2D eigenvalue weighted by Gasteiger charge is 2.01. The van der Waals surface area contributed by atoms with Crippen molar-refractivity contribution in [1.29, 1.82) is 0 Å². The van der Waals surface area contributed by atoms with Crippen molar-refractivity contribution in [2.45, 2.75) is 13.2 Å². The lowest BCUT2D eigenvalue weighted by atomic mass is 10.2. The fourth-order valence-electron chi connectivity index (χ4n) is 1.49. The summed E-state index contributed by atoms with van der Waals surface area (Å²) in [6.07, 6.45) is 3.97. The van der Waals surface area contributed by atoms with Crippen molar-refractivity contribution in [2.24, 2.45) is 0 Å². The van der Waals surface area contributed by atoms with E-state index in [1.54, 1.807) is 0 Å². The van der Waals surface area contributed by atoms with E-state index in [2.05, 4.69) is 16.7 Å². The van der Waals surface area contributed by atoms with Crippen LogP contribution in [0.25, 0.3) is 0 Å². The lowest BCUT2D eigenvalue weighted by Crippen LogP contribution is -3.00. The van der Waals surface area contributed by atoms with Crippen LogP contribution < -0.4 is 17.0 Å². The van der Waals surface area contributed by atoms with E-state index in [4.69, 9.17) is 5.11 Å². The van der Waals surface area contributed by atoms with Gasteiger partial charge in [-0.2, -0.15) is 0 Å². The third kappa shape index (κ3) is 3.33. The van der Waals surface area contributed by atoms with E-state index in [9.17, 15) is 0 Å². The fourth-order valence-corrected chi connectivity index (χ4v) is 1.49. The Hall–Kier alpha value is -1.38. The summed E-state index contributed by atoms with van der Waals surface area (Å²) in [4.78, 5) is 0. The maximum Gasteiger partial charge on any atom is 0.173 e. The highest BCUT2D eigenvalue weighted by atomic mass is 35.5.